The van der Waals surface area contributed by atoms with E-state index in [4.69, 9.17) is 0 Å². The van der Waals surface area contributed by atoms with Crippen molar-refractivity contribution >= 4 is 11.7 Å². The number of carbonyl (C=O) groups excluding carboxylic acids is 1. The van der Waals surface area contributed by atoms with Crippen molar-refractivity contribution in [3.63, 3.8) is 0 Å². The van der Waals surface area contributed by atoms with Gasteiger partial charge in [0.05, 0.1) is 18.2 Å². The number of likely N-dealkylation sites (tertiary alicyclic amines) is 2. The van der Waals surface area contributed by atoms with E-state index in [0.717, 1.165) is 42.6 Å². The third-order valence-corrected chi connectivity index (χ3v) is 7.64. The molecule has 1 aromatic carbocycles. The van der Waals surface area contributed by atoms with Gasteiger partial charge in [0, 0.05) is 55.5 Å². The van der Waals surface area contributed by atoms with E-state index in [2.05, 4.69) is 25.3 Å². The molecule has 0 saturated carbocycles. The number of benzene rings is 1. The number of amides is 1. The highest BCUT2D eigenvalue weighted by molar-refractivity contribution is 5.78. The van der Waals surface area contributed by atoms with E-state index in [9.17, 15) is 28.2 Å². The van der Waals surface area contributed by atoms with Crippen LogP contribution in [0.1, 0.15) is 42.4 Å². The van der Waals surface area contributed by atoms with Gasteiger partial charge in [-0.05, 0) is 57.5 Å². The Kier molecular flexibility index (Phi) is 7.47. The molecule has 3 aliphatic heterocycles. The summed E-state index contributed by atoms with van der Waals surface area (Å²) in [6.07, 6.45) is -1.79. The zero-order valence-corrected chi connectivity index (χ0v) is 21.3. The standard InChI is InChI=1S/C26H33F3N6O3/c1-33-13-20-21(14-33)25(32-31-24(20)19-5-4-16(11-22(19)37)26(27,28)29)30-17-3-2-8-34(12-17)15-23(38)35-9-6-18(36)7-10-35/h4-5,11,17-18,36-37H,2-3,6-10,12-15H2,1H3,(H,30,32)/t17-/m1/s1. The quantitative estimate of drug-likeness (QED) is 0.538. The number of aliphatic hydroxyl groups is 1. The van der Waals surface area contributed by atoms with Crippen molar-refractivity contribution < 1.29 is 28.2 Å². The first-order chi connectivity index (χ1) is 18.1. The Hall–Kier alpha value is -2.96. The summed E-state index contributed by atoms with van der Waals surface area (Å²) in [6, 6.07) is 2.97. The third-order valence-electron chi connectivity index (χ3n) is 7.64. The SMILES string of the molecule is CN1Cc2c(N[C@@H]3CCCN(CC(=O)N4CCC(O)CC4)C3)nnc(-c3ccc(C(F)(F)F)cc3O)c2C1. The zero-order valence-electron chi connectivity index (χ0n) is 21.3. The van der Waals surface area contributed by atoms with Crippen molar-refractivity contribution in [3.8, 4) is 17.0 Å². The largest absolute Gasteiger partial charge is 0.507 e. The van der Waals surface area contributed by atoms with Crippen molar-refractivity contribution in [1.29, 1.82) is 0 Å². The summed E-state index contributed by atoms with van der Waals surface area (Å²) in [5, 5.41) is 32.3. The summed E-state index contributed by atoms with van der Waals surface area (Å²) in [5.41, 5.74) is 1.42. The molecule has 0 unspecified atom stereocenters. The molecule has 0 bridgehead atoms. The maximum absolute atomic E-state index is 13.1. The fourth-order valence-corrected chi connectivity index (χ4v) is 5.60. The molecular formula is C26H33F3N6O3. The number of aromatic nitrogens is 2. The molecule has 1 amide bonds. The minimum absolute atomic E-state index is 0.0642. The fraction of sp³-hybridized carbons (Fsp3) is 0.577. The predicted molar refractivity (Wildman–Crippen MR) is 134 cm³/mol. The molecule has 206 valence electrons. The summed E-state index contributed by atoms with van der Waals surface area (Å²) in [7, 11) is 1.94. The molecule has 0 spiro atoms. The van der Waals surface area contributed by atoms with E-state index in [0.29, 0.717) is 63.6 Å². The first-order valence-corrected chi connectivity index (χ1v) is 13.0. The molecule has 2 saturated heterocycles. The summed E-state index contributed by atoms with van der Waals surface area (Å²) in [4.78, 5) is 18.8. The van der Waals surface area contributed by atoms with Crippen LogP contribution in [0.25, 0.3) is 11.3 Å². The van der Waals surface area contributed by atoms with Crippen LogP contribution in [0.15, 0.2) is 18.2 Å². The molecule has 38 heavy (non-hydrogen) atoms. The van der Waals surface area contributed by atoms with Crippen LogP contribution >= 0.6 is 0 Å². The lowest BCUT2D eigenvalue weighted by atomic mass is 10.0. The average molecular weight is 535 g/mol. The number of nitrogens with one attached hydrogen (secondary N) is 1. The number of nitrogens with zero attached hydrogens (tertiary/aromatic N) is 5. The molecule has 1 aromatic heterocycles. The Morgan fingerprint density at radius 3 is 2.55 bits per heavy atom. The molecule has 12 heteroatoms. The van der Waals surface area contributed by atoms with Crippen molar-refractivity contribution in [2.75, 3.05) is 45.1 Å². The molecule has 2 aromatic rings. The number of phenolic OH excluding ortho intramolecular Hbond substituents is 1. The predicted octanol–water partition coefficient (Wildman–Crippen LogP) is 2.67. The monoisotopic (exact) mass is 534 g/mol. The lowest BCUT2D eigenvalue weighted by Crippen LogP contribution is -2.49. The van der Waals surface area contributed by atoms with Gasteiger partial charge in [0.1, 0.15) is 11.4 Å². The highest BCUT2D eigenvalue weighted by Crippen LogP contribution is 2.40. The van der Waals surface area contributed by atoms with E-state index in [-0.39, 0.29) is 23.6 Å². The molecule has 3 aliphatic rings. The van der Waals surface area contributed by atoms with Gasteiger partial charge in [-0.3, -0.25) is 14.6 Å². The number of hydrogen-bond donors (Lipinski definition) is 3. The van der Waals surface area contributed by atoms with Crippen LogP contribution in [0, 0.1) is 0 Å². The summed E-state index contributed by atoms with van der Waals surface area (Å²) >= 11 is 0. The van der Waals surface area contributed by atoms with Crippen LogP contribution in [0.3, 0.4) is 0 Å². The second-order valence-electron chi connectivity index (χ2n) is 10.6. The highest BCUT2D eigenvalue weighted by atomic mass is 19.4. The van der Waals surface area contributed by atoms with Gasteiger partial charge < -0.3 is 20.4 Å². The van der Waals surface area contributed by atoms with Gasteiger partial charge in [-0.2, -0.15) is 13.2 Å². The van der Waals surface area contributed by atoms with Crippen LogP contribution < -0.4 is 5.32 Å². The Morgan fingerprint density at radius 1 is 1.11 bits per heavy atom. The molecule has 2 fully saturated rings. The number of carbonyl (C=O) groups is 1. The number of anilines is 1. The maximum Gasteiger partial charge on any atom is 0.416 e. The number of aliphatic hydroxyl groups excluding tert-OH is 1. The van der Waals surface area contributed by atoms with Crippen LogP contribution in [-0.4, -0.2) is 92.9 Å². The Morgan fingerprint density at radius 2 is 1.84 bits per heavy atom. The van der Waals surface area contributed by atoms with Crippen LogP contribution in [0.2, 0.25) is 0 Å². The van der Waals surface area contributed by atoms with Gasteiger partial charge in [0.2, 0.25) is 5.91 Å². The molecule has 0 radical (unpaired) electrons. The summed E-state index contributed by atoms with van der Waals surface area (Å²) < 4.78 is 39.2. The smallest absolute Gasteiger partial charge is 0.416 e. The average Bonchev–Trinajstić information content (AvgIpc) is 3.26. The van der Waals surface area contributed by atoms with Crippen molar-refractivity contribution in [2.45, 2.75) is 57.1 Å². The molecule has 3 N–H and O–H groups in total. The number of piperidine rings is 2. The van der Waals surface area contributed by atoms with Gasteiger partial charge in [-0.25, -0.2) is 0 Å². The number of aromatic hydroxyl groups is 1. The van der Waals surface area contributed by atoms with E-state index in [1.54, 1.807) is 0 Å². The molecule has 9 nitrogen and oxygen atoms in total. The Labute approximate surface area is 219 Å². The van der Waals surface area contributed by atoms with E-state index >= 15 is 0 Å². The normalized spacial score (nSPS) is 21.5. The number of halogens is 3. The topological polar surface area (TPSA) is 105 Å². The molecule has 0 aliphatic carbocycles. The minimum Gasteiger partial charge on any atom is -0.507 e. The number of hydrogen-bond acceptors (Lipinski definition) is 8. The third kappa shape index (κ3) is 5.71. The number of alkyl halides is 3. The maximum atomic E-state index is 13.1. The van der Waals surface area contributed by atoms with Gasteiger partial charge in [0.15, 0.2) is 5.82 Å². The fourth-order valence-electron chi connectivity index (χ4n) is 5.60. The Balaban J connectivity index is 1.30. The lowest BCUT2D eigenvalue weighted by Gasteiger charge is -2.36. The van der Waals surface area contributed by atoms with E-state index in [1.165, 1.54) is 6.07 Å². The molecular weight excluding hydrogens is 501 g/mol. The first kappa shape index (κ1) is 26.6. The number of rotatable bonds is 5. The van der Waals surface area contributed by atoms with Gasteiger partial charge in [0.25, 0.3) is 0 Å². The minimum atomic E-state index is -4.55. The molecule has 1 atom stereocenters. The van der Waals surface area contributed by atoms with Crippen LogP contribution in [0.4, 0.5) is 19.0 Å². The highest BCUT2D eigenvalue weighted by Gasteiger charge is 2.33. The van der Waals surface area contributed by atoms with Crippen molar-refractivity contribution in [2.24, 2.45) is 0 Å². The van der Waals surface area contributed by atoms with Crippen molar-refractivity contribution in [1.82, 2.24) is 24.9 Å². The second-order valence-corrected chi connectivity index (χ2v) is 10.6. The molecule has 5 rings (SSSR count). The second kappa shape index (κ2) is 10.7. The Bertz CT molecular complexity index is 1190. The molecule has 4 heterocycles. The summed E-state index contributed by atoms with van der Waals surface area (Å²) in [6.45, 7) is 4.15. The van der Waals surface area contributed by atoms with Crippen LogP contribution in [-0.2, 0) is 24.1 Å². The van der Waals surface area contributed by atoms with E-state index in [1.807, 2.05) is 11.9 Å². The number of fused-ring (bicyclic) bond motifs is 1. The van der Waals surface area contributed by atoms with Gasteiger partial charge in [-0.15, -0.1) is 10.2 Å². The lowest BCUT2D eigenvalue weighted by molar-refractivity contribution is -0.137. The van der Waals surface area contributed by atoms with Crippen molar-refractivity contribution in [3.05, 3.63) is 34.9 Å². The van der Waals surface area contributed by atoms with Gasteiger partial charge in [-0.1, -0.05) is 0 Å². The summed E-state index contributed by atoms with van der Waals surface area (Å²) in [5.74, 6) is 0.227. The zero-order chi connectivity index (χ0) is 27.0. The van der Waals surface area contributed by atoms with E-state index < -0.39 is 17.5 Å². The first-order valence-electron chi connectivity index (χ1n) is 13.0. The van der Waals surface area contributed by atoms with Gasteiger partial charge >= 0.3 is 6.18 Å². The number of phenols is 1. The van der Waals surface area contributed by atoms with Crippen LogP contribution in [0.5, 0.6) is 5.75 Å².